The first-order valence-corrected chi connectivity index (χ1v) is 10.1. The number of nitro groups is 1. The van der Waals surface area contributed by atoms with Gasteiger partial charge >= 0.3 is 0 Å². The number of hydrogen-bond acceptors (Lipinski definition) is 5. The standard InChI is InChI=1S/C17H25N3O5S/c1-13(2)4-7-17(21)18-8-10-19(11-9-18)26(24,25)16-12-15(20(22)23)6-5-14(16)3/h5-6,12-13H,4,7-11H2,1-3H3. The number of nitrogens with zero attached hydrogens (tertiary/aromatic N) is 3. The lowest BCUT2D eigenvalue weighted by Crippen LogP contribution is -2.50. The zero-order chi connectivity index (χ0) is 19.5. The summed E-state index contributed by atoms with van der Waals surface area (Å²) in [6.07, 6.45) is 1.28. The van der Waals surface area contributed by atoms with Crippen LogP contribution in [0.4, 0.5) is 5.69 Å². The molecule has 0 atom stereocenters. The Morgan fingerprint density at radius 2 is 1.85 bits per heavy atom. The van der Waals surface area contributed by atoms with E-state index in [4.69, 9.17) is 0 Å². The van der Waals surface area contributed by atoms with E-state index in [1.54, 1.807) is 11.8 Å². The molecule has 0 unspecified atom stereocenters. The summed E-state index contributed by atoms with van der Waals surface area (Å²) in [6.45, 7) is 6.78. The van der Waals surface area contributed by atoms with E-state index in [0.717, 1.165) is 12.5 Å². The summed E-state index contributed by atoms with van der Waals surface area (Å²) in [4.78, 5) is 24.2. The van der Waals surface area contributed by atoms with Gasteiger partial charge in [0.25, 0.3) is 5.69 Å². The molecule has 0 radical (unpaired) electrons. The maximum Gasteiger partial charge on any atom is 0.270 e. The zero-order valence-electron chi connectivity index (χ0n) is 15.3. The Morgan fingerprint density at radius 3 is 2.38 bits per heavy atom. The Labute approximate surface area is 154 Å². The van der Waals surface area contributed by atoms with Crippen LogP contribution in [0.2, 0.25) is 0 Å². The fourth-order valence-electron chi connectivity index (χ4n) is 2.87. The lowest BCUT2D eigenvalue weighted by molar-refractivity contribution is -0.385. The van der Waals surface area contributed by atoms with E-state index in [2.05, 4.69) is 13.8 Å². The lowest BCUT2D eigenvalue weighted by atomic mass is 10.1. The van der Waals surface area contributed by atoms with Crippen molar-refractivity contribution in [1.82, 2.24) is 9.21 Å². The van der Waals surface area contributed by atoms with Crippen molar-refractivity contribution in [3.63, 3.8) is 0 Å². The molecule has 1 aromatic carbocycles. The fraction of sp³-hybridized carbons (Fsp3) is 0.588. The van der Waals surface area contributed by atoms with Gasteiger partial charge in [0.1, 0.15) is 0 Å². The van der Waals surface area contributed by atoms with E-state index in [1.807, 2.05) is 0 Å². The third-order valence-corrected chi connectivity index (χ3v) is 6.57. The van der Waals surface area contributed by atoms with Crippen molar-refractivity contribution in [1.29, 1.82) is 0 Å². The van der Waals surface area contributed by atoms with Crippen molar-refractivity contribution in [3.05, 3.63) is 33.9 Å². The molecule has 1 amide bonds. The smallest absolute Gasteiger partial charge is 0.270 e. The van der Waals surface area contributed by atoms with Gasteiger partial charge in [-0.15, -0.1) is 0 Å². The number of amides is 1. The molecule has 0 aromatic heterocycles. The van der Waals surface area contributed by atoms with Gasteiger partial charge in [0.2, 0.25) is 15.9 Å². The van der Waals surface area contributed by atoms with Crippen molar-refractivity contribution in [2.75, 3.05) is 26.2 Å². The van der Waals surface area contributed by atoms with E-state index in [9.17, 15) is 23.3 Å². The maximum absolute atomic E-state index is 12.9. The lowest BCUT2D eigenvalue weighted by Gasteiger charge is -2.34. The highest BCUT2D eigenvalue weighted by atomic mass is 32.2. The molecule has 1 saturated heterocycles. The van der Waals surface area contributed by atoms with Crippen molar-refractivity contribution in [2.45, 2.75) is 38.5 Å². The van der Waals surface area contributed by atoms with E-state index in [0.29, 0.717) is 31.0 Å². The van der Waals surface area contributed by atoms with Crippen molar-refractivity contribution < 1.29 is 18.1 Å². The summed E-state index contributed by atoms with van der Waals surface area (Å²) in [5.41, 5.74) is 0.211. The number of carbonyl (C=O) groups excluding carboxylic acids is 1. The van der Waals surface area contributed by atoms with Gasteiger partial charge in [-0.25, -0.2) is 8.42 Å². The van der Waals surface area contributed by atoms with Crippen molar-refractivity contribution in [2.24, 2.45) is 5.92 Å². The largest absolute Gasteiger partial charge is 0.340 e. The average Bonchev–Trinajstić information content (AvgIpc) is 2.59. The Morgan fingerprint density at radius 1 is 1.23 bits per heavy atom. The van der Waals surface area contributed by atoms with Gasteiger partial charge in [0.15, 0.2) is 0 Å². The normalized spacial score (nSPS) is 16.1. The molecular formula is C17H25N3O5S. The van der Waals surface area contributed by atoms with Crippen molar-refractivity contribution in [3.8, 4) is 0 Å². The molecule has 9 heteroatoms. The third kappa shape index (κ3) is 4.59. The van der Waals surface area contributed by atoms with Crippen LogP contribution >= 0.6 is 0 Å². The number of sulfonamides is 1. The molecule has 0 bridgehead atoms. The Balaban J connectivity index is 2.10. The molecule has 144 valence electrons. The maximum atomic E-state index is 12.9. The SMILES string of the molecule is Cc1ccc([N+](=O)[O-])cc1S(=O)(=O)N1CCN(C(=O)CCC(C)C)CC1. The van der Waals surface area contributed by atoms with Crippen LogP contribution in [-0.2, 0) is 14.8 Å². The molecule has 1 aliphatic heterocycles. The minimum absolute atomic E-state index is 0.0438. The number of nitro benzene ring substituents is 1. The summed E-state index contributed by atoms with van der Waals surface area (Å²) < 4.78 is 27.0. The topological polar surface area (TPSA) is 101 Å². The predicted molar refractivity (Wildman–Crippen MR) is 97.2 cm³/mol. The molecule has 0 aliphatic carbocycles. The third-order valence-electron chi connectivity index (χ3n) is 4.53. The van der Waals surface area contributed by atoms with Crippen molar-refractivity contribution >= 4 is 21.6 Å². The van der Waals surface area contributed by atoms with Gasteiger partial charge in [0.05, 0.1) is 9.82 Å². The van der Waals surface area contributed by atoms with Gasteiger partial charge in [-0.2, -0.15) is 4.31 Å². The highest BCUT2D eigenvalue weighted by Crippen LogP contribution is 2.25. The number of rotatable bonds is 6. The molecule has 1 fully saturated rings. The molecular weight excluding hydrogens is 358 g/mol. The Kier molecular flexibility index (Phi) is 6.35. The first kappa shape index (κ1) is 20.3. The van der Waals surface area contributed by atoms with Crippen LogP contribution < -0.4 is 0 Å². The highest BCUT2D eigenvalue weighted by molar-refractivity contribution is 7.89. The van der Waals surface area contributed by atoms with E-state index in [1.165, 1.54) is 16.4 Å². The average molecular weight is 383 g/mol. The summed E-state index contributed by atoms with van der Waals surface area (Å²) in [5, 5.41) is 10.9. The highest BCUT2D eigenvalue weighted by Gasteiger charge is 2.31. The predicted octanol–water partition coefficient (Wildman–Crippen LogP) is 2.17. The van der Waals surface area contributed by atoms with Crippen LogP contribution in [0.5, 0.6) is 0 Å². The molecule has 0 N–H and O–H groups in total. The zero-order valence-corrected chi connectivity index (χ0v) is 16.2. The number of benzene rings is 1. The molecule has 8 nitrogen and oxygen atoms in total. The molecule has 0 spiro atoms. The summed E-state index contributed by atoms with van der Waals surface area (Å²) in [6, 6.07) is 3.83. The molecule has 1 aliphatic rings. The van der Waals surface area contributed by atoms with Gasteiger partial charge in [0, 0.05) is 44.7 Å². The summed E-state index contributed by atoms with van der Waals surface area (Å²) in [7, 11) is -3.83. The Bertz CT molecular complexity index is 784. The van der Waals surface area contributed by atoms with Crippen LogP contribution in [0.1, 0.15) is 32.3 Å². The first-order valence-electron chi connectivity index (χ1n) is 8.66. The summed E-state index contributed by atoms with van der Waals surface area (Å²) >= 11 is 0. The van der Waals surface area contributed by atoms with E-state index in [-0.39, 0.29) is 29.6 Å². The number of hydrogen-bond donors (Lipinski definition) is 0. The van der Waals surface area contributed by atoms with Gasteiger partial charge < -0.3 is 4.90 Å². The second-order valence-corrected chi connectivity index (χ2v) is 8.83. The van der Waals surface area contributed by atoms with Crippen LogP contribution in [0.15, 0.2) is 23.1 Å². The van der Waals surface area contributed by atoms with Gasteiger partial charge in [-0.1, -0.05) is 19.9 Å². The Hall–Kier alpha value is -2.00. The molecule has 1 heterocycles. The second kappa shape index (κ2) is 8.13. The number of non-ortho nitro benzene ring substituents is 1. The quantitative estimate of drug-likeness (QED) is 0.553. The summed E-state index contributed by atoms with van der Waals surface area (Å²) in [5.74, 6) is 0.486. The molecule has 2 rings (SSSR count). The number of piperazine rings is 1. The van der Waals surface area contributed by atoms with E-state index < -0.39 is 14.9 Å². The van der Waals surface area contributed by atoms with Crippen LogP contribution in [-0.4, -0.2) is 54.6 Å². The number of carbonyl (C=O) groups is 1. The molecule has 0 saturated carbocycles. The van der Waals surface area contributed by atoms with Gasteiger partial charge in [-0.3, -0.25) is 14.9 Å². The first-order chi connectivity index (χ1) is 12.1. The second-order valence-electron chi connectivity index (χ2n) is 6.92. The number of aryl methyl sites for hydroxylation is 1. The van der Waals surface area contributed by atoms with Crippen LogP contribution in [0.25, 0.3) is 0 Å². The van der Waals surface area contributed by atoms with Gasteiger partial charge in [-0.05, 0) is 24.8 Å². The minimum atomic E-state index is -3.83. The van der Waals surface area contributed by atoms with Crippen LogP contribution in [0.3, 0.4) is 0 Å². The molecule has 1 aromatic rings. The molecule has 26 heavy (non-hydrogen) atoms. The van der Waals surface area contributed by atoms with E-state index >= 15 is 0 Å². The van der Waals surface area contributed by atoms with Crippen LogP contribution in [0, 0.1) is 23.0 Å². The fourth-order valence-corrected chi connectivity index (χ4v) is 4.53. The minimum Gasteiger partial charge on any atom is -0.340 e. The monoisotopic (exact) mass is 383 g/mol.